The molecule has 0 heterocycles. The fraction of sp³-hybridized carbons (Fsp3) is 0.471. The van der Waals surface area contributed by atoms with Crippen molar-refractivity contribution in [2.75, 3.05) is 19.7 Å². The largest absolute Gasteiger partial charge is 0.384 e. The summed E-state index contributed by atoms with van der Waals surface area (Å²) in [5.41, 5.74) is 2.43. The van der Waals surface area contributed by atoms with Crippen molar-refractivity contribution >= 4 is 5.91 Å². The molecule has 0 aliphatic heterocycles. The highest BCUT2D eigenvalue weighted by molar-refractivity contribution is 5.96. The van der Waals surface area contributed by atoms with Gasteiger partial charge in [0.2, 0.25) is 0 Å². The third kappa shape index (κ3) is 3.40. The summed E-state index contributed by atoms with van der Waals surface area (Å²) >= 11 is 0. The summed E-state index contributed by atoms with van der Waals surface area (Å²) in [6, 6.07) is 5.59. The molecule has 2 rings (SSSR count). The van der Waals surface area contributed by atoms with Crippen LogP contribution in [-0.4, -0.2) is 35.6 Å². The summed E-state index contributed by atoms with van der Waals surface area (Å²) in [7, 11) is 0. The predicted octanol–water partition coefficient (Wildman–Crippen LogP) is 2.21. The smallest absolute Gasteiger partial charge is 0.254 e. The number of hydrogen-bond acceptors (Lipinski definition) is 2. The van der Waals surface area contributed by atoms with E-state index in [0.29, 0.717) is 5.92 Å². The van der Waals surface area contributed by atoms with Crippen LogP contribution in [0.15, 0.2) is 18.2 Å². The molecule has 1 aliphatic carbocycles. The first-order valence-corrected chi connectivity index (χ1v) is 7.16. The Balaban J connectivity index is 2.23. The van der Waals surface area contributed by atoms with Crippen molar-refractivity contribution in [1.29, 1.82) is 0 Å². The summed E-state index contributed by atoms with van der Waals surface area (Å²) in [5.74, 6) is 6.31. The minimum absolute atomic E-state index is 0.0875. The van der Waals surface area contributed by atoms with Crippen molar-refractivity contribution in [3.8, 4) is 11.8 Å². The first kappa shape index (κ1) is 14.6. The van der Waals surface area contributed by atoms with Gasteiger partial charge in [-0.25, -0.2) is 0 Å². The quantitative estimate of drug-likeness (QED) is 0.853. The Hall–Kier alpha value is -1.79. The van der Waals surface area contributed by atoms with Gasteiger partial charge in [-0.2, -0.15) is 0 Å². The Kier molecular flexibility index (Phi) is 4.81. The number of rotatable bonds is 4. The minimum Gasteiger partial charge on any atom is -0.384 e. The van der Waals surface area contributed by atoms with E-state index in [1.165, 1.54) is 12.8 Å². The van der Waals surface area contributed by atoms with E-state index >= 15 is 0 Å². The van der Waals surface area contributed by atoms with Crippen LogP contribution in [0, 0.1) is 24.7 Å². The average molecular weight is 271 g/mol. The minimum atomic E-state index is -0.166. The second-order valence-corrected chi connectivity index (χ2v) is 5.23. The van der Waals surface area contributed by atoms with Crippen LogP contribution in [0.5, 0.6) is 0 Å². The van der Waals surface area contributed by atoms with Gasteiger partial charge in [-0.15, -0.1) is 0 Å². The number of hydrogen-bond donors (Lipinski definition) is 1. The molecule has 1 saturated carbocycles. The van der Waals surface area contributed by atoms with E-state index in [9.17, 15) is 4.79 Å². The fourth-order valence-corrected chi connectivity index (χ4v) is 2.28. The Morgan fingerprint density at radius 1 is 1.45 bits per heavy atom. The molecule has 1 aliphatic rings. The standard InChI is InChI=1S/C17H21NO2/c1-3-18(12-14-9-10-14)17(20)16-8-4-6-15(13(16)2)7-5-11-19/h4,6,8,14,19H,3,9-12H2,1-2H3. The Morgan fingerprint density at radius 3 is 2.80 bits per heavy atom. The van der Waals surface area contributed by atoms with Gasteiger partial charge in [-0.1, -0.05) is 17.9 Å². The molecule has 0 aromatic heterocycles. The number of benzene rings is 1. The maximum absolute atomic E-state index is 12.6. The molecule has 3 nitrogen and oxygen atoms in total. The molecule has 3 heteroatoms. The average Bonchev–Trinajstić information content (AvgIpc) is 3.27. The highest BCUT2D eigenvalue weighted by atomic mass is 16.2. The first-order valence-electron chi connectivity index (χ1n) is 7.16. The molecule has 0 atom stereocenters. The Bertz CT molecular complexity index is 550. The molecule has 0 saturated heterocycles. The molecular weight excluding hydrogens is 250 g/mol. The molecule has 1 aromatic rings. The zero-order valence-electron chi connectivity index (χ0n) is 12.1. The van der Waals surface area contributed by atoms with Gasteiger partial charge in [0.05, 0.1) is 0 Å². The Morgan fingerprint density at radius 2 is 2.20 bits per heavy atom. The van der Waals surface area contributed by atoms with Gasteiger partial charge in [-0.05, 0) is 50.3 Å². The molecule has 0 spiro atoms. The molecule has 1 aromatic carbocycles. The lowest BCUT2D eigenvalue weighted by Crippen LogP contribution is -2.33. The van der Waals surface area contributed by atoms with Crippen LogP contribution >= 0.6 is 0 Å². The predicted molar refractivity (Wildman–Crippen MR) is 79.4 cm³/mol. The lowest BCUT2D eigenvalue weighted by atomic mass is 10.0. The number of nitrogens with zero attached hydrogens (tertiary/aromatic N) is 1. The van der Waals surface area contributed by atoms with Crippen LogP contribution in [0.4, 0.5) is 0 Å². The zero-order valence-corrected chi connectivity index (χ0v) is 12.1. The molecule has 20 heavy (non-hydrogen) atoms. The van der Waals surface area contributed by atoms with Crippen molar-refractivity contribution in [3.63, 3.8) is 0 Å². The zero-order chi connectivity index (χ0) is 14.5. The highest BCUT2D eigenvalue weighted by Gasteiger charge is 2.27. The van der Waals surface area contributed by atoms with E-state index in [-0.39, 0.29) is 12.5 Å². The molecule has 0 radical (unpaired) electrons. The van der Waals surface area contributed by atoms with Crippen molar-refractivity contribution in [3.05, 3.63) is 34.9 Å². The molecule has 1 fully saturated rings. The molecule has 0 unspecified atom stereocenters. The highest BCUT2D eigenvalue weighted by Crippen LogP contribution is 2.30. The summed E-state index contributed by atoms with van der Waals surface area (Å²) in [4.78, 5) is 14.5. The van der Waals surface area contributed by atoms with E-state index < -0.39 is 0 Å². The van der Waals surface area contributed by atoms with E-state index in [1.54, 1.807) is 0 Å². The van der Waals surface area contributed by atoms with Crippen LogP contribution in [0.1, 0.15) is 41.3 Å². The van der Waals surface area contributed by atoms with Crippen molar-refractivity contribution < 1.29 is 9.90 Å². The van der Waals surface area contributed by atoms with Crippen LogP contribution in [0.25, 0.3) is 0 Å². The van der Waals surface area contributed by atoms with Crippen LogP contribution in [-0.2, 0) is 0 Å². The maximum Gasteiger partial charge on any atom is 0.254 e. The summed E-state index contributed by atoms with van der Waals surface area (Å²) < 4.78 is 0. The van der Waals surface area contributed by atoms with Gasteiger partial charge in [0.25, 0.3) is 5.91 Å². The fourth-order valence-electron chi connectivity index (χ4n) is 2.28. The maximum atomic E-state index is 12.6. The topological polar surface area (TPSA) is 40.5 Å². The van der Waals surface area contributed by atoms with Gasteiger partial charge in [0.1, 0.15) is 6.61 Å². The summed E-state index contributed by atoms with van der Waals surface area (Å²) in [6.07, 6.45) is 2.48. The third-order valence-corrected chi connectivity index (χ3v) is 3.71. The number of aliphatic hydroxyl groups excluding tert-OH is 1. The molecule has 106 valence electrons. The van der Waals surface area contributed by atoms with Crippen LogP contribution in [0.2, 0.25) is 0 Å². The summed E-state index contributed by atoms with van der Waals surface area (Å²) in [5, 5.41) is 8.78. The number of amides is 1. The van der Waals surface area contributed by atoms with Gasteiger partial charge in [0, 0.05) is 24.2 Å². The van der Waals surface area contributed by atoms with Gasteiger partial charge < -0.3 is 10.0 Å². The van der Waals surface area contributed by atoms with E-state index in [0.717, 1.165) is 29.8 Å². The second kappa shape index (κ2) is 6.58. The lowest BCUT2D eigenvalue weighted by Gasteiger charge is -2.22. The van der Waals surface area contributed by atoms with Gasteiger partial charge >= 0.3 is 0 Å². The third-order valence-electron chi connectivity index (χ3n) is 3.71. The second-order valence-electron chi connectivity index (χ2n) is 5.23. The van der Waals surface area contributed by atoms with E-state index in [4.69, 9.17) is 5.11 Å². The molecule has 1 amide bonds. The first-order chi connectivity index (χ1) is 9.67. The van der Waals surface area contributed by atoms with Crippen LogP contribution in [0.3, 0.4) is 0 Å². The van der Waals surface area contributed by atoms with Crippen LogP contribution < -0.4 is 0 Å². The number of carbonyl (C=O) groups is 1. The van der Waals surface area contributed by atoms with E-state index in [2.05, 4.69) is 11.8 Å². The summed E-state index contributed by atoms with van der Waals surface area (Å²) in [6.45, 7) is 5.37. The van der Waals surface area contributed by atoms with Crippen molar-refractivity contribution in [1.82, 2.24) is 4.90 Å². The SMILES string of the molecule is CCN(CC1CC1)C(=O)c1cccc(C#CCO)c1C. The molecule has 1 N–H and O–H groups in total. The number of carbonyl (C=O) groups excluding carboxylic acids is 1. The Labute approximate surface area is 120 Å². The number of aliphatic hydroxyl groups is 1. The molecular formula is C17H21NO2. The van der Waals surface area contributed by atoms with Gasteiger partial charge in [0.15, 0.2) is 0 Å². The molecule has 0 bridgehead atoms. The monoisotopic (exact) mass is 271 g/mol. The lowest BCUT2D eigenvalue weighted by molar-refractivity contribution is 0.0756. The van der Waals surface area contributed by atoms with Crippen molar-refractivity contribution in [2.45, 2.75) is 26.7 Å². The van der Waals surface area contributed by atoms with Gasteiger partial charge in [-0.3, -0.25) is 4.79 Å². The van der Waals surface area contributed by atoms with Crippen molar-refractivity contribution in [2.24, 2.45) is 5.92 Å². The van der Waals surface area contributed by atoms with E-state index in [1.807, 2.05) is 36.9 Å². The normalized spacial score (nSPS) is 13.6.